The van der Waals surface area contributed by atoms with Crippen molar-refractivity contribution in [2.75, 3.05) is 10.6 Å². The number of oxazole rings is 2. The van der Waals surface area contributed by atoms with E-state index in [-0.39, 0.29) is 46.1 Å². The molecule has 0 fully saturated rings. The van der Waals surface area contributed by atoms with Crippen molar-refractivity contribution in [2.45, 2.75) is 47.3 Å². The Labute approximate surface area is 363 Å². The number of fused-ring (bicyclic) bond motifs is 2. The summed E-state index contributed by atoms with van der Waals surface area (Å²) in [4.78, 5) is 34.2. The fourth-order valence-electron chi connectivity index (χ4n) is 6.96. The second-order valence-electron chi connectivity index (χ2n) is 14.0. The molecule has 2 aliphatic rings. The molecule has 0 aliphatic carbocycles. The molecule has 0 saturated heterocycles. The number of Topliss-reactive ketones (excluding diaryl/α,β-unsaturated/α-hetero) is 2. The van der Waals surface area contributed by atoms with Crippen molar-refractivity contribution in [3.8, 4) is 11.1 Å². The first kappa shape index (κ1) is 41.9. The Morgan fingerprint density at radius 1 is 0.629 bits per heavy atom. The van der Waals surface area contributed by atoms with Crippen molar-refractivity contribution >= 4 is 70.6 Å². The zero-order valence-electron chi connectivity index (χ0n) is 32.4. The van der Waals surface area contributed by atoms with Crippen LogP contribution in [-0.2, 0) is 29.6 Å². The number of aromatic amines is 1. The third kappa shape index (κ3) is 9.39. The summed E-state index contributed by atoms with van der Waals surface area (Å²) in [6, 6.07) is 28.8. The smallest absolute Gasteiger partial charge is 0.286 e. The predicted molar refractivity (Wildman–Crippen MR) is 233 cm³/mol. The summed E-state index contributed by atoms with van der Waals surface area (Å²) >= 11 is 3.25. The molecule has 2 unspecified atom stereocenters. The highest BCUT2D eigenvalue weighted by atomic mass is 79.9. The number of ketones is 2. The lowest BCUT2D eigenvalue weighted by Gasteiger charge is -2.19. The Morgan fingerprint density at radius 2 is 1.13 bits per heavy atom. The third-order valence-electron chi connectivity index (χ3n) is 9.99. The van der Waals surface area contributed by atoms with Crippen molar-refractivity contribution in [1.82, 2.24) is 20.2 Å². The summed E-state index contributed by atoms with van der Waals surface area (Å²) in [5.74, 6) is -0.639. The number of aromatic nitrogens is 4. The largest absolute Gasteiger partial charge is 0.448 e. The molecule has 3 aromatic heterocycles. The molecule has 314 valence electrons. The maximum atomic E-state index is 12.9. The van der Waals surface area contributed by atoms with Crippen LogP contribution in [0.5, 0.6) is 0 Å². The topological polar surface area (TPSA) is 232 Å². The molecule has 0 amide bonds. The molecule has 16 nitrogen and oxygen atoms in total. The molecular formula is C43H35BrN8O8S2. The zero-order chi connectivity index (χ0) is 43.3. The summed E-state index contributed by atoms with van der Waals surface area (Å²) in [5, 5.41) is 12.3. The average molecular weight is 936 g/mol. The van der Waals surface area contributed by atoms with Gasteiger partial charge in [-0.3, -0.25) is 14.7 Å². The van der Waals surface area contributed by atoms with Crippen LogP contribution in [0, 0.1) is 0 Å². The van der Waals surface area contributed by atoms with Gasteiger partial charge in [-0.25, -0.2) is 9.97 Å². The molecule has 0 saturated carbocycles. The second kappa shape index (κ2) is 18.0. The molecule has 19 heteroatoms. The Bertz CT molecular complexity index is 3000. The number of hydrogen-bond donors (Lipinski definition) is 3. The molecule has 3 N–H and O–H groups in total. The van der Waals surface area contributed by atoms with E-state index in [1.54, 1.807) is 49.1 Å². The van der Waals surface area contributed by atoms with E-state index >= 15 is 0 Å². The molecule has 2 aliphatic heterocycles. The highest BCUT2D eigenvalue weighted by molar-refractivity contribution is 9.10. The predicted octanol–water partition coefficient (Wildman–Crippen LogP) is 7.89. The van der Waals surface area contributed by atoms with Crippen LogP contribution in [0.15, 0.2) is 166 Å². The van der Waals surface area contributed by atoms with Gasteiger partial charge in [0.15, 0.2) is 23.2 Å². The van der Waals surface area contributed by atoms with Gasteiger partial charge in [0.1, 0.15) is 22.3 Å². The van der Waals surface area contributed by atoms with E-state index in [1.807, 2.05) is 60.7 Å². The quantitative estimate of drug-likeness (QED) is 0.1000. The molecular weight excluding hydrogens is 901 g/mol. The van der Waals surface area contributed by atoms with E-state index in [1.165, 1.54) is 24.7 Å². The van der Waals surface area contributed by atoms with Gasteiger partial charge >= 0.3 is 0 Å². The minimum absolute atomic E-state index is 0.0136. The Hall–Kier alpha value is -6.83. The number of hydrogen-bond acceptors (Lipinski definition) is 13. The molecule has 0 bridgehead atoms. The van der Waals surface area contributed by atoms with Crippen LogP contribution < -0.4 is 10.6 Å². The van der Waals surface area contributed by atoms with Gasteiger partial charge in [0.25, 0.3) is 20.0 Å². The molecule has 7 aromatic rings. The van der Waals surface area contributed by atoms with Crippen LogP contribution >= 0.6 is 15.9 Å². The van der Waals surface area contributed by atoms with Crippen molar-refractivity contribution in [1.29, 1.82) is 0 Å². The van der Waals surface area contributed by atoms with E-state index in [9.17, 15) is 26.4 Å². The Balaban J connectivity index is 0.000000172. The van der Waals surface area contributed by atoms with Crippen LogP contribution in [0.25, 0.3) is 11.1 Å². The number of rotatable bonds is 13. The summed E-state index contributed by atoms with van der Waals surface area (Å²) in [6.07, 6.45) is 10.3. The van der Waals surface area contributed by atoms with Gasteiger partial charge < -0.3 is 19.5 Å². The van der Waals surface area contributed by atoms with Crippen LogP contribution in [0.4, 0.5) is 11.4 Å². The van der Waals surface area contributed by atoms with Crippen molar-refractivity contribution in [2.24, 2.45) is 8.80 Å². The zero-order valence-corrected chi connectivity index (χ0v) is 35.6. The molecule has 0 radical (unpaired) electrons. The fourth-order valence-corrected chi connectivity index (χ4v) is 9.79. The fraction of sp³-hybridized carbons (Fsp3) is 0.140. The van der Waals surface area contributed by atoms with Crippen LogP contribution in [0.1, 0.15) is 60.4 Å². The van der Waals surface area contributed by atoms with Crippen molar-refractivity contribution in [3.63, 3.8) is 0 Å². The molecule has 0 spiro atoms. The average Bonchev–Trinajstić information content (AvgIpc) is 4.11. The number of carbonyl (C=O) groups is 2. The van der Waals surface area contributed by atoms with Crippen molar-refractivity contribution < 1.29 is 35.3 Å². The maximum Gasteiger partial charge on any atom is 0.286 e. The van der Waals surface area contributed by atoms with E-state index < -0.39 is 31.6 Å². The number of nitrogens with zero attached hydrogens (tertiary/aromatic N) is 5. The first-order valence-corrected chi connectivity index (χ1v) is 22.7. The van der Waals surface area contributed by atoms with Gasteiger partial charge in [-0.1, -0.05) is 82.7 Å². The molecule has 2 atom stereocenters. The highest BCUT2D eigenvalue weighted by Gasteiger charge is 2.31. The molecule has 5 heterocycles. The minimum Gasteiger partial charge on any atom is -0.448 e. The number of carbonyl (C=O) groups excluding carboxylic acids is 2. The monoisotopic (exact) mass is 934 g/mol. The third-order valence-corrected chi connectivity index (χ3v) is 13.1. The second-order valence-corrected chi connectivity index (χ2v) is 18.1. The Morgan fingerprint density at radius 3 is 1.60 bits per heavy atom. The van der Waals surface area contributed by atoms with Gasteiger partial charge in [0, 0.05) is 29.1 Å². The maximum absolute atomic E-state index is 12.9. The lowest BCUT2D eigenvalue weighted by atomic mass is 9.93. The summed E-state index contributed by atoms with van der Waals surface area (Å²) in [7, 11) is -7.99. The van der Waals surface area contributed by atoms with Gasteiger partial charge in [-0.05, 0) is 59.9 Å². The van der Waals surface area contributed by atoms with Gasteiger partial charge in [-0.2, -0.15) is 21.9 Å². The number of halogens is 1. The van der Waals surface area contributed by atoms with E-state index in [0.29, 0.717) is 46.0 Å². The van der Waals surface area contributed by atoms with Gasteiger partial charge in [0.05, 0.1) is 41.8 Å². The number of H-pyrrole nitrogens is 1. The van der Waals surface area contributed by atoms with E-state index in [0.717, 1.165) is 16.7 Å². The highest BCUT2D eigenvalue weighted by Crippen LogP contribution is 2.34. The van der Waals surface area contributed by atoms with E-state index in [4.69, 9.17) is 8.83 Å². The van der Waals surface area contributed by atoms with Crippen LogP contribution in [0.2, 0.25) is 0 Å². The number of sulfonamides is 2. The molecule has 62 heavy (non-hydrogen) atoms. The lowest BCUT2D eigenvalue weighted by Crippen LogP contribution is -2.29. The first-order chi connectivity index (χ1) is 29.9. The number of benzene rings is 4. The van der Waals surface area contributed by atoms with Gasteiger partial charge in [0.2, 0.25) is 11.8 Å². The summed E-state index contributed by atoms with van der Waals surface area (Å²) in [5.41, 5.74) is 3.98. The van der Waals surface area contributed by atoms with E-state index in [2.05, 4.69) is 55.5 Å². The van der Waals surface area contributed by atoms with Gasteiger partial charge in [-0.15, -0.1) is 8.80 Å². The number of amidine groups is 2. The Kier molecular flexibility index (Phi) is 12.2. The minimum atomic E-state index is -4.04. The van der Waals surface area contributed by atoms with Crippen molar-refractivity contribution in [3.05, 3.63) is 162 Å². The van der Waals surface area contributed by atoms with Crippen LogP contribution in [-0.4, -0.2) is 60.2 Å². The number of nitrogens with one attached hydrogen (secondary N) is 3. The standard InChI is InChI=1S/C23H19N5O4S.C20H16BrN3O4S/c29-20(9-7-18(23-24-10-11-32-23)15-4-2-1-3-5-15)22-27-19-8-6-16(17-13-25-26-14-17)12-21(19)33(30,31)28-22;21-14-6-8-16-18(12-14)29(26,27)24-19(23-16)17(25)9-7-15(20-22-10-11-28-20)13-4-2-1-3-5-13/h1-6,8,10-14,18H,7,9H2,(H,25,26)(H,27,28);1-6,8,10-12,15H,7,9H2,(H,23,24). The first-order valence-electron chi connectivity index (χ1n) is 19.1. The van der Waals surface area contributed by atoms with Crippen LogP contribution in [0.3, 0.4) is 0 Å². The summed E-state index contributed by atoms with van der Waals surface area (Å²) < 4.78 is 69.6. The molecule has 9 rings (SSSR count). The molecule has 4 aromatic carbocycles. The SMILES string of the molecule is O=C(CCC(c1ccccc1)c1ncco1)C1=NS(=O)(=O)c2cc(-c3cn[nH]c3)ccc2N1.O=C(CCC(c1ccccc1)c1ncco1)C1=NS(=O)(=O)c2cc(Br)ccc2N1. The number of anilines is 2. The lowest BCUT2D eigenvalue weighted by molar-refractivity contribution is -0.113. The summed E-state index contributed by atoms with van der Waals surface area (Å²) in [6.45, 7) is 0. The normalized spacial score (nSPS) is 15.4.